The normalized spacial score (nSPS) is 13.1. The van der Waals surface area contributed by atoms with Gasteiger partial charge < -0.3 is 16.8 Å². The molecule has 2 rings (SSSR count). The number of carbonyl (C=O) groups excluding carboxylic acids is 2. The van der Waals surface area contributed by atoms with E-state index in [1.54, 1.807) is 12.1 Å². The van der Waals surface area contributed by atoms with Gasteiger partial charge in [0.15, 0.2) is 0 Å². The molecule has 0 aromatic heterocycles. The summed E-state index contributed by atoms with van der Waals surface area (Å²) in [5, 5.41) is 2.57. The van der Waals surface area contributed by atoms with Crippen LogP contribution in [0.2, 0.25) is 0 Å². The molecule has 0 fully saturated rings. The Hall–Kier alpha value is -2.73. The smallest absolute Gasteiger partial charge is 0.240 e. The zero-order chi connectivity index (χ0) is 17.5. The van der Waals surface area contributed by atoms with Gasteiger partial charge in [0.05, 0.1) is 6.04 Å². The van der Waals surface area contributed by atoms with Crippen molar-refractivity contribution in [2.45, 2.75) is 24.9 Å². The predicted octanol–water partition coefficient (Wildman–Crippen LogP) is 0.908. The number of nitrogens with one attached hydrogen (secondary N) is 1. The quantitative estimate of drug-likeness (QED) is 0.704. The van der Waals surface area contributed by atoms with Crippen molar-refractivity contribution in [1.82, 2.24) is 5.32 Å². The van der Waals surface area contributed by atoms with Crippen molar-refractivity contribution in [2.24, 2.45) is 11.5 Å². The fraction of sp³-hybridized carbons (Fsp3) is 0.222. The summed E-state index contributed by atoms with van der Waals surface area (Å²) in [7, 11) is 0. The molecule has 6 heteroatoms. The number of nitrogens with two attached hydrogens (primary N) is 2. The molecule has 5 nitrogen and oxygen atoms in total. The molecule has 0 bridgehead atoms. The van der Waals surface area contributed by atoms with Crippen LogP contribution in [0.5, 0.6) is 0 Å². The molecule has 0 saturated carbocycles. The zero-order valence-corrected chi connectivity index (χ0v) is 13.1. The molecule has 24 heavy (non-hydrogen) atoms. The Labute approximate surface area is 139 Å². The highest BCUT2D eigenvalue weighted by molar-refractivity contribution is 5.89. The number of amides is 2. The molecular formula is C18H20FN3O2. The van der Waals surface area contributed by atoms with E-state index in [0.29, 0.717) is 12.0 Å². The molecular weight excluding hydrogens is 309 g/mol. The van der Waals surface area contributed by atoms with Gasteiger partial charge in [0.2, 0.25) is 11.8 Å². The molecule has 2 atom stereocenters. The van der Waals surface area contributed by atoms with Gasteiger partial charge in [-0.15, -0.1) is 0 Å². The fourth-order valence-corrected chi connectivity index (χ4v) is 2.32. The number of hydrogen-bond donors (Lipinski definition) is 3. The number of carbonyl (C=O) groups is 2. The van der Waals surface area contributed by atoms with Gasteiger partial charge in [-0.3, -0.25) is 9.59 Å². The molecule has 0 saturated heterocycles. The lowest BCUT2D eigenvalue weighted by atomic mass is 10.0. The summed E-state index contributed by atoms with van der Waals surface area (Å²) in [5.74, 6) is -1.49. The van der Waals surface area contributed by atoms with Crippen molar-refractivity contribution < 1.29 is 14.0 Å². The summed E-state index contributed by atoms with van der Waals surface area (Å²) < 4.78 is 12.9. The van der Waals surface area contributed by atoms with Crippen LogP contribution < -0.4 is 16.8 Å². The van der Waals surface area contributed by atoms with Crippen LogP contribution in [-0.4, -0.2) is 23.9 Å². The highest BCUT2D eigenvalue weighted by Gasteiger charge is 2.22. The van der Waals surface area contributed by atoms with Gasteiger partial charge in [0.1, 0.15) is 11.9 Å². The van der Waals surface area contributed by atoms with E-state index in [1.807, 2.05) is 30.3 Å². The third kappa shape index (κ3) is 5.17. The topological polar surface area (TPSA) is 98.2 Å². The van der Waals surface area contributed by atoms with E-state index >= 15 is 0 Å². The molecule has 0 aliphatic rings. The van der Waals surface area contributed by atoms with Crippen LogP contribution in [0, 0.1) is 5.82 Å². The zero-order valence-electron chi connectivity index (χ0n) is 13.1. The Bertz CT molecular complexity index is 689. The van der Waals surface area contributed by atoms with Crippen molar-refractivity contribution in [2.75, 3.05) is 0 Å². The van der Waals surface area contributed by atoms with Gasteiger partial charge in [-0.25, -0.2) is 4.39 Å². The summed E-state index contributed by atoms with van der Waals surface area (Å²) in [4.78, 5) is 23.8. The second-order valence-electron chi connectivity index (χ2n) is 5.59. The minimum atomic E-state index is -0.898. The molecule has 126 valence electrons. The van der Waals surface area contributed by atoms with Gasteiger partial charge >= 0.3 is 0 Å². The van der Waals surface area contributed by atoms with Gasteiger partial charge in [-0.1, -0.05) is 42.5 Å². The Morgan fingerprint density at radius 3 is 2.12 bits per heavy atom. The van der Waals surface area contributed by atoms with E-state index in [2.05, 4.69) is 5.32 Å². The maximum absolute atomic E-state index is 12.9. The Morgan fingerprint density at radius 2 is 1.54 bits per heavy atom. The molecule has 2 amide bonds. The van der Waals surface area contributed by atoms with Crippen LogP contribution in [0.3, 0.4) is 0 Å². The first kappa shape index (κ1) is 17.6. The van der Waals surface area contributed by atoms with Gasteiger partial charge in [0.25, 0.3) is 0 Å². The van der Waals surface area contributed by atoms with E-state index in [4.69, 9.17) is 11.5 Å². The maximum Gasteiger partial charge on any atom is 0.240 e. The lowest BCUT2D eigenvalue weighted by molar-refractivity contribution is -0.128. The van der Waals surface area contributed by atoms with Crippen molar-refractivity contribution >= 4 is 11.8 Å². The van der Waals surface area contributed by atoms with E-state index in [1.165, 1.54) is 12.1 Å². The molecule has 0 heterocycles. The highest BCUT2D eigenvalue weighted by Crippen LogP contribution is 2.07. The van der Waals surface area contributed by atoms with E-state index in [0.717, 1.165) is 5.56 Å². The van der Waals surface area contributed by atoms with Gasteiger partial charge in [-0.05, 0) is 29.7 Å². The second-order valence-corrected chi connectivity index (χ2v) is 5.59. The Balaban J connectivity index is 1.97. The Morgan fingerprint density at radius 1 is 0.958 bits per heavy atom. The average Bonchev–Trinajstić information content (AvgIpc) is 2.56. The minimum Gasteiger partial charge on any atom is -0.368 e. The van der Waals surface area contributed by atoms with Crippen LogP contribution in [0.4, 0.5) is 4.39 Å². The van der Waals surface area contributed by atoms with Gasteiger partial charge in [-0.2, -0.15) is 0 Å². The van der Waals surface area contributed by atoms with E-state index in [-0.39, 0.29) is 12.2 Å². The molecule has 0 aliphatic heterocycles. The second kappa shape index (κ2) is 8.21. The molecule has 2 aromatic carbocycles. The summed E-state index contributed by atoms with van der Waals surface area (Å²) in [6.07, 6.45) is 0.536. The summed E-state index contributed by atoms with van der Waals surface area (Å²) in [6, 6.07) is 13.3. The van der Waals surface area contributed by atoms with Crippen LogP contribution in [-0.2, 0) is 22.4 Å². The summed E-state index contributed by atoms with van der Waals surface area (Å²) in [6.45, 7) is 0. The monoisotopic (exact) mass is 329 g/mol. The molecule has 0 aliphatic carbocycles. The lowest BCUT2D eigenvalue weighted by Crippen LogP contribution is -2.51. The van der Waals surface area contributed by atoms with Crippen molar-refractivity contribution in [3.63, 3.8) is 0 Å². The maximum atomic E-state index is 12.9. The van der Waals surface area contributed by atoms with E-state index in [9.17, 15) is 14.0 Å². The number of halogens is 1. The van der Waals surface area contributed by atoms with Crippen LogP contribution in [0.1, 0.15) is 11.1 Å². The molecule has 0 radical (unpaired) electrons. The first-order valence-corrected chi connectivity index (χ1v) is 7.59. The average molecular weight is 329 g/mol. The SMILES string of the molecule is NC(=O)[C@H](Cc1ccc(F)cc1)NC(=O)[C@@H](N)Cc1ccccc1. The Kier molecular flexibility index (Phi) is 6.03. The highest BCUT2D eigenvalue weighted by atomic mass is 19.1. The van der Waals surface area contributed by atoms with Crippen molar-refractivity contribution in [3.05, 3.63) is 71.5 Å². The summed E-state index contributed by atoms with van der Waals surface area (Å²) in [5.41, 5.74) is 12.9. The summed E-state index contributed by atoms with van der Waals surface area (Å²) >= 11 is 0. The number of hydrogen-bond acceptors (Lipinski definition) is 3. The first-order valence-electron chi connectivity index (χ1n) is 7.59. The largest absolute Gasteiger partial charge is 0.368 e. The third-order valence-electron chi connectivity index (χ3n) is 3.65. The van der Waals surface area contributed by atoms with E-state index < -0.39 is 23.9 Å². The molecule has 2 aromatic rings. The predicted molar refractivity (Wildman–Crippen MR) is 89.4 cm³/mol. The molecule has 0 spiro atoms. The number of primary amides is 1. The van der Waals surface area contributed by atoms with Crippen LogP contribution >= 0.6 is 0 Å². The van der Waals surface area contributed by atoms with Crippen LogP contribution in [0.15, 0.2) is 54.6 Å². The van der Waals surface area contributed by atoms with Crippen molar-refractivity contribution in [1.29, 1.82) is 0 Å². The van der Waals surface area contributed by atoms with Gasteiger partial charge in [0, 0.05) is 6.42 Å². The standard InChI is InChI=1S/C18H20FN3O2/c19-14-8-6-13(7-9-14)11-16(17(21)23)22-18(24)15(20)10-12-4-2-1-3-5-12/h1-9,15-16H,10-11,20H2,(H2,21,23)(H,22,24)/t15-,16-/m0/s1. The minimum absolute atomic E-state index is 0.180. The lowest BCUT2D eigenvalue weighted by Gasteiger charge is -2.19. The fourth-order valence-electron chi connectivity index (χ4n) is 2.32. The van der Waals surface area contributed by atoms with Crippen molar-refractivity contribution in [3.8, 4) is 0 Å². The number of rotatable bonds is 7. The van der Waals surface area contributed by atoms with Crippen LogP contribution in [0.25, 0.3) is 0 Å². The number of benzene rings is 2. The molecule has 0 unspecified atom stereocenters. The third-order valence-corrected chi connectivity index (χ3v) is 3.65. The molecule has 5 N–H and O–H groups in total. The first-order chi connectivity index (χ1) is 11.5.